The van der Waals surface area contributed by atoms with E-state index in [1.165, 1.54) is 5.56 Å². The Balaban J connectivity index is 1.74. The van der Waals surface area contributed by atoms with E-state index >= 15 is 0 Å². The molecule has 1 aromatic carbocycles. The molecule has 2 aliphatic heterocycles. The van der Waals surface area contributed by atoms with E-state index in [1.807, 2.05) is 13.0 Å². The summed E-state index contributed by atoms with van der Waals surface area (Å²) in [6.07, 6.45) is 4.41. The Kier molecular flexibility index (Phi) is 5.10. The van der Waals surface area contributed by atoms with Crippen molar-refractivity contribution in [3.63, 3.8) is 0 Å². The van der Waals surface area contributed by atoms with Crippen LogP contribution in [0, 0.1) is 0 Å². The normalized spacial score (nSPS) is 24.8. The third-order valence-electron chi connectivity index (χ3n) is 4.23. The molecule has 1 saturated heterocycles. The monoisotopic (exact) mass is 303 g/mol. The second-order valence-corrected chi connectivity index (χ2v) is 5.58. The molecule has 22 heavy (non-hydrogen) atoms. The van der Waals surface area contributed by atoms with E-state index in [0.29, 0.717) is 6.61 Å². The molecule has 2 atom stereocenters. The van der Waals surface area contributed by atoms with Crippen molar-refractivity contribution in [2.75, 3.05) is 40.0 Å². The van der Waals surface area contributed by atoms with Gasteiger partial charge < -0.3 is 9.47 Å². The first-order valence-corrected chi connectivity index (χ1v) is 8.00. The third kappa shape index (κ3) is 3.17. The van der Waals surface area contributed by atoms with Crippen molar-refractivity contribution in [3.8, 4) is 0 Å². The summed E-state index contributed by atoms with van der Waals surface area (Å²) in [5, 5.41) is 6.76. The standard InChI is InChI=1S/C17H25N3O2/c1-3-22-17(15-7-5-4-6-8-15)16-9-10-20(18(16)2)19-11-13-21-14-12-19/h4-10,16-17H,3,11-14H2,1-2H3. The Morgan fingerprint density at radius 1 is 1.23 bits per heavy atom. The van der Waals surface area contributed by atoms with Crippen LogP contribution >= 0.6 is 0 Å². The molecule has 0 spiro atoms. The average Bonchev–Trinajstić information content (AvgIpc) is 2.96. The summed E-state index contributed by atoms with van der Waals surface area (Å²) in [5.41, 5.74) is 1.22. The highest BCUT2D eigenvalue weighted by molar-refractivity contribution is 5.22. The Bertz CT molecular complexity index is 488. The van der Waals surface area contributed by atoms with Gasteiger partial charge in [-0.1, -0.05) is 30.3 Å². The minimum atomic E-state index is 0.0403. The molecule has 2 aliphatic rings. The zero-order valence-corrected chi connectivity index (χ0v) is 13.4. The fraction of sp³-hybridized carbons (Fsp3) is 0.529. The highest BCUT2D eigenvalue weighted by atomic mass is 16.5. The van der Waals surface area contributed by atoms with Gasteiger partial charge in [0, 0.05) is 32.9 Å². The first-order chi connectivity index (χ1) is 10.8. The molecular weight excluding hydrogens is 278 g/mol. The Labute approximate surface area is 132 Å². The summed E-state index contributed by atoms with van der Waals surface area (Å²) in [6.45, 7) is 6.18. The topological polar surface area (TPSA) is 28.2 Å². The third-order valence-corrected chi connectivity index (χ3v) is 4.23. The van der Waals surface area contributed by atoms with Crippen LogP contribution in [0.15, 0.2) is 42.6 Å². The lowest BCUT2D eigenvalue weighted by molar-refractivity contribution is -0.177. The quantitative estimate of drug-likeness (QED) is 0.830. The molecule has 2 unspecified atom stereocenters. The van der Waals surface area contributed by atoms with Crippen LogP contribution in [0.2, 0.25) is 0 Å². The molecule has 0 N–H and O–H groups in total. The second-order valence-electron chi connectivity index (χ2n) is 5.58. The second kappa shape index (κ2) is 7.24. The summed E-state index contributed by atoms with van der Waals surface area (Å²) < 4.78 is 11.5. The van der Waals surface area contributed by atoms with Gasteiger partial charge in [0.2, 0.25) is 0 Å². The van der Waals surface area contributed by atoms with Crippen molar-refractivity contribution in [2.24, 2.45) is 0 Å². The van der Waals surface area contributed by atoms with E-state index in [9.17, 15) is 0 Å². The number of ether oxygens (including phenoxy) is 2. The van der Waals surface area contributed by atoms with Gasteiger partial charge in [-0.05, 0) is 18.6 Å². The molecule has 120 valence electrons. The molecule has 3 rings (SSSR count). The lowest BCUT2D eigenvalue weighted by Crippen LogP contribution is -2.53. The summed E-state index contributed by atoms with van der Waals surface area (Å²) in [5.74, 6) is 0. The number of hydrazine groups is 2. The maximum atomic E-state index is 6.06. The fourth-order valence-corrected chi connectivity index (χ4v) is 3.10. The van der Waals surface area contributed by atoms with Gasteiger partial charge in [0.05, 0.1) is 19.3 Å². The van der Waals surface area contributed by atoms with Crippen LogP contribution in [-0.4, -0.2) is 61.1 Å². The first kappa shape index (κ1) is 15.5. The number of likely N-dealkylation sites (N-methyl/N-ethyl adjacent to an activating group) is 1. The SMILES string of the molecule is CCOC(c1ccccc1)C1C=CN(N2CCOCC2)N1C. The Hall–Kier alpha value is -1.40. The number of nitrogens with zero attached hydrogens (tertiary/aromatic N) is 3. The van der Waals surface area contributed by atoms with Crippen LogP contribution in [0.3, 0.4) is 0 Å². The molecule has 5 nitrogen and oxygen atoms in total. The van der Waals surface area contributed by atoms with Gasteiger partial charge in [0.15, 0.2) is 0 Å². The van der Waals surface area contributed by atoms with Crippen LogP contribution in [-0.2, 0) is 9.47 Å². The Morgan fingerprint density at radius 2 is 1.95 bits per heavy atom. The van der Waals surface area contributed by atoms with Gasteiger partial charge >= 0.3 is 0 Å². The number of rotatable bonds is 5. The molecule has 1 aromatic rings. The predicted molar refractivity (Wildman–Crippen MR) is 85.7 cm³/mol. The van der Waals surface area contributed by atoms with Crippen LogP contribution in [0.4, 0.5) is 0 Å². The van der Waals surface area contributed by atoms with Crippen molar-refractivity contribution >= 4 is 0 Å². The minimum absolute atomic E-state index is 0.0403. The van der Waals surface area contributed by atoms with Crippen molar-refractivity contribution in [3.05, 3.63) is 48.2 Å². The Morgan fingerprint density at radius 3 is 2.64 bits per heavy atom. The average molecular weight is 303 g/mol. The van der Waals surface area contributed by atoms with Gasteiger partial charge in [-0.25, -0.2) is 10.1 Å². The van der Waals surface area contributed by atoms with Crippen LogP contribution in [0.25, 0.3) is 0 Å². The van der Waals surface area contributed by atoms with E-state index in [0.717, 1.165) is 26.3 Å². The summed E-state index contributed by atoms with van der Waals surface area (Å²) in [7, 11) is 2.12. The maximum absolute atomic E-state index is 6.06. The van der Waals surface area contributed by atoms with Crippen molar-refractivity contribution in [1.82, 2.24) is 15.1 Å². The van der Waals surface area contributed by atoms with Crippen molar-refractivity contribution < 1.29 is 9.47 Å². The van der Waals surface area contributed by atoms with Crippen LogP contribution in [0.5, 0.6) is 0 Å². The molecule has 5 heteroatoms. The lowest BCUT2D eigenvalue weighted by atomic mass is 10.0. The lowest BCUT2D eigenvalue weighted by Gasteiger charge is -2.41. The van der Waals surface area contributed by atoms with Gasteiger partial charge in [-0.15, -0.1) is 0 Å². The number of hydrogen-bond donors (Lipinski definition) is 0. The van der Waals surface area contributed by atoms with E-state index < -0.39 is 0 Å². The molecule has 0 saturated carbocycles. The molecule has 0 bridgehead atoms. The van der Waals surface area contributed by atoms with Crippen LogP contribution in [0.1, 0.15) is 18.6 Å². The summed E-state index contributed by atoms with van der Waals surface area (Å²) >= 11 is 0. The van der Waals surface area contributed by atoms with E-state index in [4.69, 9.17) is 9.47 Å². The molecule has 1 fully saturated rings. The maximum Gasteiger partial charge on any atom is 0.103 e. The van der Waals surface area contributed by atoms with Gasteiger partial charge in [0.1, 0.15) is 6.10 Å². The molecule has 0 radical (unpaired) electrons. The number of hydrogen-bond acceptors (Lipinski definition) is 5. The molecule has 2 heterocycles. The molecule has 0 aromatic heterocycles. The summed E-state index contributed by atoms with van der Waals surface area (Å²) in [6, 6.07) is 10.7. The van der Waals surface area contributed by atoms with E-state index in [2.05, 4.69) is 58.7 Å². The minimum Gasteiger partial charge on any atom is -0.379 e. The summed E-state index contributed by atoms with van der Waals surface area (Å²) in [4.78, 5) is 0. The molecular formula is C17H25N3O2. The highest BCUT2D eigenvalue weighted by Crippen LogP contribution is 2.30. The van der Waals surface area contributed by atoms with Crippen molar-refractivity contribution in [2.45, 2.75) is 19.1 Å². The van der Waals surface area contributed by atoms with Crippen molar-refractivity contribution in [1.29, 1.82) is 0 Å². The molecule has 0 amide bonds. The smallest absolute Gasteiger partial charge is 0.103 e. The number of morpholine rings is 1. The van der Waals surface area contributed by atoms with Gasteiger partial charge in [0.25, 0.3) is 0 Å². The van der Waals surface area contributed by atoms with Gasteiger partial charge in [-0.2, -0.15) is 5.01 Å². The van der Waals surface area contributed by atoms with E-state index in [-0.39, 0.29) is 12.1 Å². The van der Waals surface area contributed by atoms with E-state index in [1.54, 1.807) is 0 Å². The zero-order chi connectivity index (χ0) is 15.4. The predicted octanol–water partition coefficient (Wildman–Crippen LogP) is 2.06. The highest BCUT2D eigenvalue weighted by Gasteiger charge is 2.34. The zero-order valence-electron chi connectivity index (χ0n) is 13.4. The molecule has 0 aliphatic carbocycles. The largest absolute Gasteiger partial charge is 0.379 e. The van der Waals surface area contributed by atoms with Gasteiger partial charge in [-0.3, -0.25) is 0 Å². The van der Waals surface area contributed by atoms with Crippen LogP contribution < -0.4 is 0 Å². The first-order valence-electron chi connectivity index (χ1n) is 8.00. The fourth-order valence-electron chi connectivity index (χ4n) is 3.10. The number of benzene rings is 1.